The van der Waals surface area contributed by atoms with Crippen LogP contribution in [0, 0.1) is 0 Å². The van der Waals surface area contributed by atoms with E-state index in [9.17, 15) is 8.42 Å². The van der Waals surface area contributed by atoms with Crippen LogP contribution in [0.3, 0.4) is 0 Å². The molecule has 1 fully saturated rings. The Kier molecular flexibility index (Phi) is 4.89. The van der Waals surface area contributed by atoms with Crippen molar-refractivity contribution in [3.8, 4) is 0 Å². The van der Waals surface area contributed by atoms with Crippen molar-refractivity contribution < 1.29 is 8.42 Å². The van der Waals surface area contributed by atoms with Crippen LogP contribution in [0.5, 0.6) is 0 Å². The van der Waals surface area contributed by atoms with Gasteiger partial charge in [-0.3, -0.25) is 0 Å². The lowest BCUT2D eigenvalue weighted by Gasteiger charge is -2.34. The Labute approximate surface area is 124 Å². The summed E-state index contributed by atoms with van der Waals surface area (Å²) in [5, 5.41) is 1.68. The molecule has 2 rings (SSSR count). The molecule has 0 N–H and O–H groups in total. The zero-order valence-electron chi connectivity index (χ0n) is 11.2. The van der Waals surface area contributed by atoms with Gasteiger partial charge in [-0.1, -0.05) is 0 Å². The summed E-state index contributed by atoms with van der Waals surface area (Å²) in [6, 6.07) is 1.74. The van der Waals surface area contributed by atoms with Crippen molar-refractivity contribution >= 4 is 33.0 Å². The number of nitrogens with zero attached hydrogens (tertiary/aromatic N) is 2. The molecule has 1 atom stereocenters. The Morgan fingerprint density at radius 2 is 2.32 bits per heavy atom. The van der Waals surface area contributed by atoms with E-state index < -0.39 is 10.0 Å². The highest BCUT2D eigenvalue weighted by molar-refractivity contribution is 7.89. The fraction of sp³-hybridized carbons (Fsp3) is 0.667. The van der Waals surface area contributed by atoms with E-state index in [0.717, 1.165) is 30.8 Å². The van der Waals surface area contributed by atoms with Crippen LogP contribution in [-0.2, 0) is 15.9 Å². The van der Waals surface area contributed by atoms with Gasteiger partial charge in [-0.15, -0.1) is 22.9 Å². The van der Waals surface area contributed by atoms with Crippen molar-refractivity contribution in [1.82, 2.24) is 9.21 Å². The van der Waals surface area contributed by atoms with E-state index in [0.29, 0.717) is 10.8 Å². The van der Waals surface area contributed by atoms with Crippen molar-refractivity contribution in [2.24, 2.45) is 0 Å². The van der Waals surface area contributed by atoms with E-state index in [1.165, 1.54) is 15.6 Å². The maximum atomic E-state index is 12.5. The SMILES string of the molecule is CN1CCCC(N(C)S(=O)(=O)c2csc(CCl)c2)C1. The van der Waals surface area contributed by atoms with Crippen molar-refractivity contribution in [3.05, 3.63) is 16.3 Å². The van der Waals surface area contributed by atoms with E-state index >= 15 is 0 Å². The molecule has 1 aliphatic rings. The predicted octanol–water partition coefficient (Wildman–Crippen LogP) is 2.20. The Morgan fingerprint density at radius 1 is 1.58 bits per heavy atom. The number of likely N-dealkylation sites (tertiary alicyclic amines) is 1. The van der Waals surface area contributed by atoms with Gasteiger partial charge in [0.05, 0.1) is 10.8 Å². The topological polar surface area (TPSA) is 40.6 Å². The molecule has 1 aromatic heterocycles. The molecule has 0 aromatic carbocycles. The van der Waals surface area contributed by atoms with Crippen LogP contribution in [0.2, 0.25) is 0 Å². The minimum atomic E-state index is -3.39. The van der Waals surface area contributed by atoms with Crippen LogP contribution in [-0.4, -0.2) is 50.8 Å². The highest BCUT2D eigenvalue weighted by Crippen LogP contribution is 2.26. The standard InChI is InChI=1S/C12H19ClN2O2S2/c1-14-5-3-4-10(8-14)15(2)19(16,17)12-6-11(7-13)18-9-12/h6,9-10H,3-5,7-8H2,1-2H3. The number of hydrogen-bond donors (Lipinski definition) is 0. The first-order chi connectivity index (χ1) is 8.95. The molecule has 0 radical (unpaired) electrons. The number of sulfonamides is 1. The summed E-state index contributed by atoms with van der Waals surface area (Å²) in [6.45, 7) is 1.83. The first-order valence-electron chi connectivity index (χ1n) is 6.25. The molecule has 0 saturated carbocycles. The molecular weight excluding hydrogens is 304 g/mol. The highest BCUT2D eigenvalue weighted by atomic mass is 35.5. The maximum absolute atomic E-state index is 12.5. The van der Waals surface area contributed by atoms with Crippen LogP contribution < -0.4 is 0 Å². The number of thiophene rings is 1. The summed E-state index contributed by atoms with van der Waals surface area (Å²) in [6.07, 6.45) is 1.96. The van der Waals surface area contributed by atoms with Gasteiger partial charge in [0, 0.05) is 29.9 Å². The normalized spacial score (nSPS) is 22.0. The molecule has 0 bridgehead atoms. The molecule has 0 aliphatic carbocycles. The van der Waals surface area contributed by atoms with Crippen molar-refractivity contribution in [1.29, 1.82) is 0 Å². The molecule has 1 aromatic rings. The fourth-order valence-corrected chi connectivity index (χ4v) is 5.12. The summed E-state index contributed by atoms with van der Waals surface area (Å²) in [4.78, 5) is 3.43. The van der Waals surface area contributed by atoms with Gasteiger partial charge < -0.3 is 4.90 Å². The van der Waals surface area contributed by atoms with E-state index in [4.69, 9.17) is 11.6 Å². The Morgan fingerprint density at radius 3 is 2.89 bits per heavy atom. The van der Waals surface area contributed by atoms with E-state index in [1.54, 1.807) is 18.5 Å². The van der Waals surface area contributed by atoms with Gasteiger partial charge in [0.1, 0.15) is 0 Å². The molecule has 108 valence electrons. The van der Waals surface area contributed by atoms with Crippen LogP contribution >= 0.6 is 22.9 Å². The summed E-state index contributed by atoms with van der Waals surface area (Å²) < 4.78 is 26.6. The third kappa shape index (κ3) is 3.31. The molecule has 0 amide bonds. The van der Waals surface area contributed by atoms with E-state index in [-0.39, 0.29) is 6.04 Å². The quantitative estimate of drug-likeness (QED) is 0.798. The lowest BCUT2D eigenvalue weighted by atomic mass is 10.1. The lowest BCUT2D eigenvalue weighted by molar-refractivity contribution is 0.187. The van der Waals surface area contributed by atoms with Crippen molar-refractivity contribution in [2.45, 2.75) is 29.7 Å². The first kappa shape index (κ1) is 15.3. The molecule has 2 heterocycles. The Hall–Kier alpha value is -0.140. The highest BCUT2D eigenvalue weighted by Gasteiger charge is 2.31. The second kappa shape index (κ2) is 6.10. The maximum Gasteiger partial charge on any atom is 0.243 e. The van der Waals surface area contributed by atoms with Gasteiger partial charge in [-0.05, 0) is 32.5 Å². The third-order valence-corrected chi connectivity index (χ3v) is 6.97. The molecular formula is C12H19ClN2O2S2. The number of piperidine rings is 1. The van der Waals surface area contributed by atoms with Crippen molar-refractivity contribution in [2.75, 3.05) is 27.2 Å². The van der Waals surface area contributed by atoms with Gasteiger partial charge in [0.2, 0.25) is 10.0 Å². The van der Waals surface area contributed by atoms with Gasteiger partial charge in [-0.25, -0.2) is 8.42 Å². The number of likely N-dealkylation sites (N-methyl/N-ethyl adjacent to an activating group) is 2. The van der Waals surface area contributed by atoms with Crippen LogP contribution in [0.4, 0.5) is 0 Å². The molecule has 19 heavy (non-hydrogen) atoms. The second-order valence-electron chi connectivity index (χ2n) is 4.96. The summed E-state index contributed by atoms with van der Waals surface area (Å²) in [5.74, 6) is 0.357. The predicted molar refractivity (Wildman–Crippen MR) is 79.3 cm³/mol. The molecule has 1 saturated heterocycles. The summed E-state index contributed by atoms with van der Waals surface area (Å²) >= 11 is 7.13. The largest absolute Gasteiger partial charge is 0.305 e. The van der Waals surface area contributed by atoms with Crippen molar-refractivity contribution in [3.63, 3.8) is 0 Å². The number of halogens is 1. The number of hydrogen-bond acceptors (Lipinski definition) is 4. The first-order valence-corrected chi connectivity index (χ1v) is 9.10. The molecule has 4 nitrogen and oxygen atoms in total. The molecule has 1 aliphatic heterocycles. The summed E-state index contributed by atoms with van der Waals surface area (Å²) in [7, 11) is 0.315. The average Bonchev–Trinajstić information content (AvgIpc) is 2.87. The zero-order valence-corrected chi connectivity index (χ0v) is 13.6. The molecule has 1 unspecified atom stereocenters. The molecule has 7 heteroatoms. The fourth-order valence-electron chi connectivity index (χ4n) is 2.36. The smallest absolute Gasteiger partial charge is 0.243 e. The number of rotatable bonds is 4. The Bertz CT molecular complexity index is 530. The van der Waals surface area contributed by atoms with E-state index in [2.05, 4.69) is 4.90 Å². The number of alkyl halides is 1. The minimum Gasteiger partial charge on any atom is -0.305 e. The molecule has 0 spiro atoms. The van der Waals surface area contributed by atoms with Crippen LogP contribution in [0.25, 0.3) is 0 Å². The van der Waals surface area contributed by atoms with Gasteiger partial charge in [-0.2, -0.15) is 4.31 Å². The minimum absolute atomic E-state index is 0.0584. The van der Waals surface area contributed by atoms with Crippen LogP contribution in [0.15, 0.2) is 16.3 Å². The average molecular weight is 323 g/mol. The Balaban J connectivity index is 2.18. The lowest BCUT2D eigenvalue weighted by Crippen LogP contribution is -2.47. The van der Waals surface area contributed by atoms with E-state index in [1.807, 2.05) is 7.05 Å². The third-order valence-electron chi connectivity index (χ3n) is 3.55. The van der Waals surface area contributed by atoms with Gasteiger partial charge >= 0.3 is 0 Å². The second-order valence-corrected chi connectivity index (χ2v) is 8.22. The van der Waals surface area contributed by atoms with Gasteiger partial charge in [0.25, 0.3) is 0 Å². The monoisotopic (exact) mass is 322 g/mol. The van der Waals surface area contributed by atoms with Gasteiger partial charge in [0.15, 0.2) is 0 Å². The van der Waals surface area contributed by atoms with Crippen LogP contribution in [0.1, 0.15) is 17.7 Å². The summed E-state index contributed by atoms with van der Waals surface area (Å²) in [5.41, 5.74) is 0. The zero-order chi connectivity index (χ0) is 14.0.